The second kappa shape index (κ2) is 6.09. The lowest BCUT2D eigenvalue weighted by atomic mass is 10.1. The van der Waals surface area contributed by atoms with Gasteiger partial charge in [0.2, 0.25) is 0 Å². The monoisotopic (exact) mass is 131 g/mol. The summed E-state index contributed by atoms with van der Waals surface area (Å²) < 4.78 is 0. The molecule has 0 aliphatic carbocycles. The van der Waals surface area contributed by atoms with Gasteiger partial charge in [0.25, 0.3) is 0 Å². The molecule has 0 heterocycles. The van der Waals surface area contributed by atoms with Crippen molar-refractivity contribution in [1.29, 1.82) is 0 Å². The maximum Gasteiger partial charge on any atom is -0.00224 e. The van der Waals surface area contributed by atoms with E-state index in [4.69, 9.17) is 0 Å². The van der Waals surface area contributed by atoms with Crippen LogP contribution in [0.15, 0.2) is 0 Å². The van der Waals surface area contributed by atoms with E-state index in [0.29, 0.717) is 0 Å². The fourth-order valence-corrected chi connectivity index (χ4v) is 0.516. The molecule has 0 aromatic carbocycles. The lowest BCUT2D eigenvalue weighted by Crippen LogP contribution is -2.14. The molecule has 0 aliphatic heterocycles. The molecule has 0 saturated heterocycles. The second-order valence-corrected chi connectivity index (χ2v) is 2.99. The smallest absolute Gasteiger partial charge is 0.00224 e. The van der Waals surface area contributed by atoms with E-state index >= 15 is 0 Å². The molecule has 9 heavy (non-hydrogen) atoms. The molecule has 0 amide bonds. The Kier molecular flexibility index (Phi) is 7.92. The molecule has 0 saturated carbocycles. The molecule has 0 spiro atoms. The summed E-state index contributed by atoms with van der Waals surface area (Å²) in [5.41, 5.74) is 0. The van der Waals surface area contributed by atoms with Crippen molar-refractivity contribution in [2.24, 2.45) is 5.92 Å². The van der Waals surface area contributed by atoms with Crippen LogP contribution in [0.2, 0.25) is 0 Å². The Balaban J connectivity index is 0. The van der Waals surface area contributed by atoms with Gasteiger partial charge in [0, 0.05) is 0 Å². The molecule has 0 fully saturated rings. The molecule has 0 aromatic heterocycles. The number of rotatable bonds is 3. The lowest BCUT2D eigenvalue weighted by molar-refractivity contribution is 0.369. The number of hydrogen-bond acceptors (Lipinski definition) is 1. The van der Waals surface area contributed by atoms with Crippen molar-refractivity contribution < 1.29 is 0 Å². The molecule has 0 radical (unpaired) electrons. The molecule has 0 unspecified atom stereocenters. The van der Waals surface area contributed by atoms with E-state index in [9.17, 15) is 0 Å². The van der Waals surface area contributed by atoms with Gasteiger partial charge in [-0.05, 0) is 33.0 Å². The first-order chi connectivity index (χ1) is 3.63. The molecule has 0 aromatic rings. The maximum absolute atomic E-state index is 2.25. The topological polar surface area (TPSA) is 3.24 Å². The summed E-state index contributed by atoms with van der Waals surface area (Å²) in [6.07, 6.45) is 1.31. The van der Waals surface area contributed by atoms with E-state index in [1.807, 2.05) is 0 Å². The molecular weight excluding hydrogens is 110 g/mol. The van der Waals surface area contributed by atoms with Crippen LogP contribution in [0.3, 0.4) is 0 Å². The minimum absolute atomic E-state index is 0. The van der Waals surface area contributed by atoms with Gasteiger partial charge in [0.15, 0.2) is 0 Å². The van der Waals surface area contributed by atoms with Crippen LogP contribution in [0, 0.1) is 5.92 Å². The lowest BCUT2D eigenvalue weighted by Gasteiger charge is -2.10. The summed E-state index contributed by atoms with van der Waals surface area (Å²) in [4.78, 5) is 2.22. The SMILES string of the molecule is C.CC(C)CCN(C)C. The normalized spacial score (nSPS) is 10.0. The van der Waals surface area contributed by atoms with E-state index in [1.54, 1.807) is 0 Å². The van der Waals surface area contributed by atoms with Crippen LogP contribution in [-0.4, -0.2) is 25.5 Å². The van der Waals surface area contributed by atoms with Gasteiger partial charge in [0.05, 0.1) is 0 Å². The largest absolute Gasteiger partial charge is 0.309 e. The van der Waals surface area contributed by atoms with Gasteiger partial charge in [-0.15, -0.1) is 0 Å². The quantitative estimate of drug-likeness (QED) is 0.567. The third-order valence-electron chi connectivity index (χ3n) is 1.15. The van der Waals surface area contributed by atoms with Gasteiger partial charge in [-0.1, -0.05) is 21.3 Å². The zero-order valence-electron chi connectivity index (χ0n) is 6.44. The van der Waals surface area contributed by atoms with E-state index in [-0.39, 0.29) is 7.43 Å². The summed E-state index contributed by atoms with van der Waals surface area (Å²) in [6, 6.07) is 0. The van der Waals surface area contributed by atoms with Gasteiger partial charge in [0.1, 0.15) is 0 Å². The van der Waals surface area contributed by atoms with E-state index in [1.165, 1.54) is 13.0 Å². The van der Waals surface area contributed by atoms with Gasteiger partial charge in [-0.2, -0.15) is 0 Å². The zero-order valence-corrected chi connectivity index (χ0v) is 6.44. The summed E-state index contributed by atoms with van der Waals surface area (Å²) in [6.45, 7) is 5.73. The molecular formula is C8H21N. The van der Waals surface area contributed by atoms with Crippen molar-refractivity contribution in [3.63, 3.8) is 0 Å². The highest BCUT2D eigenvalue weighted by molar-refractivity contribution is 4.47. The van der Waals surface area contributed by atoms with Gasteiger partial charge < -0.3 is 4.90 Å². The van der Waals surface area contributed by atoms with E-state index < -0.39 is 0 Å². The number of nitrogens with zero attached hydrogens (tertiary/aromatic N) is 1. The summed E-state index contributed by atoms with van der Waals surface area (Å²) in [5, 5.41) is 0. The standard InChI is InChI=1S/C7H17N.CH4/c1-7(2)5-6-8(3)4;/h7H,5-6H2,1-4H3;1H4. The zero-order chi connectivity index (χ0) is 6.57. The molecule has 1 heteroatoms. The Morgan fingerprint density at radius 3 is 1.78 bits per heavy atom. The van der Waals surface area contributed by atoms with E-state index in [2.05, 4.69) is 32.8 Å². The molecule has 0 N–H and O–H groups in total. The summed E-state index contributed by atoms with van der Waals surface area (Å²) >= 11 is 0. The molecule has 0 atom stereocenters. The van der Waals surface area contributed by atoms with Crippen LogP contribution in [0.1, 0.15) is 27.7 Å². The Morgan fingerprint density at radius 2 is 1.67 bits per heavy atom. The molecule has 0 rings (SSSR count). The van der Waals surface area contributed by atoms with Crippen molar-refractivity contribution >= 4 is 0 Å². The van der Waals surface area contributed by atoms with Gasteiger partial charge in [-0.25, -0.2) is 0 Å². The minimum Gasteiger partial charge on any atom is -0.309 e. The fourth-order valence-electron chi connectivity index (χ4n) is 0.516. The predicted octanol–water partition coefficient (Wildman–Crippen LogP) is 2.23. The third-order valence-corrected chi connectivity index (χ3v) is 1.15. The highest BCUT2D eigenvalue weighted by atomic mass is 15.0. The average Bonchev–Trinajstić information content (AvgIpc) is 1.61. The van der Waals surface area contributed by atoms with Crippen LogP contribution >= 0.6 is 0 Å². The van der Waals surface area contributed by atoms with Gasteiger partial charge >= 0.3 is 0 Å². The van der Waals surface area contributed by atoms with Crippen molar-refractivity contribution in [1.82, 2.24) is 4.90 Å². The van der Waals surface area contributed by atoms with Gasteiger partial charge in [-0.3, -0.25) is 0 Å². The Bertz CT molecular complexity index is 40.5. The van der Waals surface area contributed by atoms with Crippen molar-refractivity contribution in [2.45, 2.75) is 27.7 Å². The van der Waals surface area contributed by atoms with Crippen LogP contribution < -0.4 is 0 Å². The first-order valence-corrected chi connectivity index (χ1v) is 3.27. The Hall–Kier alpha value is -0.0400. The highest BCUT2D eigenvalue weighted by Gasteiger charge is 1.93. The molecule has 1 nitrogen and oxygen atoms in total. The second-order valence-electron chi connectivity index (χ2n) is 2.99. The molecule has 0 aliphatic rings. The van der Waals surface area contributed by atoms with Crippen LogP contribution in [0.5, 0.6) is 0 Å². The van der Waals surface area contributed by atoms with Crippen LogP contribution in [-0.2, 0) is 0 Å². The first kappa shape index (κ1) is 11.7. The minimum atomic E-state index is 0. The Morgan fingerprint density at radius 1 is 1.22 bits per heavy atom. The van der Waals surface area contributed by atoms with Crippen LogP contribution in [0.25, 0.3) is 0 Å². The summed E-state index contributed by atoms with van der Waals surface area (Å²) in [5.74, 6) is 0.845. The first-order valence-electron chi connectivity index (χ1n) is 3.27. The highest BCUT2D eigenvalue weighted by Crippen LogP contribution is 1.98. The average molecular weight is 131 g/mol. The third kappa shape index (κ3) is 11.5. The Labute approximate surface area is 60.1 Å². The predicted molar refractivity (Wildman–Crippen MR) is 44.7 cm³/mol. The fraction of sp³-hybridized carbons (Fsp3) is 1.00. The number of hydrogen-bond donors (Lipinski definition) is 0. The summed E-state index contributed by atoms with van der Waals surface area (Å²) in [7, 11) is 4.23. The van der Waals surface area contributed by atoms with Crippen LogP contribution in [0.4, 0.5) is 0 Å². The van der Waals surface area contributed by atoms with Crippen molar-refractivity contribution in [3.05, 3.63) is 0 Å². The van der Waals surface area contributed by atoms with Crippen molar-refractivity contribution in [2.75, 3.05) is 20.6 Å². The molecule has 0 bridgehead atoms. The van der Waals surface area contributed by atoms with E-state index in [0.717, 1.165) is 5.92 Å². The maximum atomic E-state index is 2.25. The van der Waals surface area contributed by atoms with Crippen molar-refractivity contribution in [3.8, 4) is 0 Å². The molecule has 58 valence electrons.